The SMILES string of the molecule is CCOc1ccc(N(CC(=O)N(Cc2cccc(Br)c2)[C@@H](C)C(=O)N[C@@H](C)CC)S(=O)(=O)c2ccc(C)cc2)cc1. The molecule has 0 aromatic heterocycles. The number of anilines is 1. The van der Waals surface area contributed by atoms with E-state index >= 15 is 0 Å². The molecule has 0 unspecified atom stereocenters. The number of benzene rings is 3. The molecule has 2 atom stereocenters. The first-order valence-corrected chi connectivity index (χ1v) is 15.9. The van der Waals surface area contributed by atoms with Gasteiger partial charge < -0.3 is 15.0 Å². The maximum atomic E-state index is 14.0. The highest BCUT2D eigenvalue weighted by Crippen LogP contribution is 2.27. The molecule has 3 rings (SSSR count). The summed E-state index contributed by atoms with van der Waals surface area (Å²) in [6.07, 6.45) is 0.734. The minimum absolute atomic E-state index is 0.0610. The van der Waals surface area contributed by atoms with Gasteiger partial charge in [-0.05, 0) is 88.2 Å². The molecule has 0 saturated carbocycles. The Morgan fingerprint density at radius 2 is 1.63 bits per heavy atom. The zero-order chi connectivity index (χ0) is 30.2. The Morgan fingerprint density at radius 3 is 2.22 bits per heavy atom. The van der Waals surface area contributed by atoms with E-state index in [-0.39, 0.29) is 23.4 Å². The number of sulfonamides is 1. The molecule has 0 saturated heterocycles. The van der Waals surface area contributed by atoms with Crippen LogP contribution in [0.5, 0.6) is 5.75 Å². The Balaban J connectivity index is 2.03. The van der Waals surface area contributed by atoms with Gasteiger partial charge in [-0.15, -0.1) is 0 Å². The fourth-order valence-electron chi connectivity index (χ4n) is 4.12. The number of amides is 2. The summed E-state index contributed by atoms with van der Waals surface area (Å²) in [5.74, 6) is -0.236. The molecule has 1 N–H and O–H groups in total. The van der Waals surface area contributed by atoms with E-state index in [1.165, 1.54) is 17.0 Å². The molecule has 0 radical (unpaired) electrons. The van der Waals surface area contributed by atoms with Crippen LogP contribution >= 0.6 is 15.9 Å². The van der Waals surface area contributed by atoms with Crippen LogP contribution in [0.1, 0.15) is 45.2 Å². The number of hydrogen-bond donors (Lipinski definition) is 1. The third kappa shape index (κ3) is 8.56. The van der Waals surface area contributed by atoms with Gasteiger partial charge in [-0.2, -0.15) is 0 Å². The molecule has 8 nitrogen and oxygen atoms in total. The van der Waals surface area contributed by atoms with Crippen LogP contribution in [0.2, 0.25) is 0 Å². The van der Waals surface area contributed by atoms with Crippen molar-refractivity contribution in [2.24, 2.45) is 0 Å². The second kappa shape index (κ2) is 14.5. The number of carbonyl (C=O) groups excluding carboxylic acids is 2. The number of nitrogens with one attached hydrogen (secondary N) is 1. The van der Waals surface area contributed by atoms with E-state index in [1.807, 2.05) is 52.0 Å². The van der Waals surface area contributed by atoms with Crippen LogP contribution in [-0.4, -0.2) is 50.4 Å². The molecule has 0 spiro atoms. The van der Waals surface area contributed by atoms with Crippen molar-refractivity contribution in [3.63, 3.8) is 0 Å². The Hall–Kier alpha value is -3.37. The smallest absolute Gasteiger partial charge is 0.264 e. The largest absolute Gasteiger partial charge is 0.494 e. The van der Waals surface area contributed by atoms with E-state index in [9.17, 15) is 18.0 Å². The molecule has 2 amide bonds. The van der Waals surface area contributed by atoms with Crippen LogP contribution in [0.4, 0.5) is 5.69 Å². The van der Waals surface area contributed by atoms with Crippen LogP contribution in [0.25, 0.3) is 0 Å². The van der Waals surface area contributed by atoms with Gasteiger partial charge in [-0.3, -0.25) is 13.9 Å². The molecule has 10 heteroatoms. The van der Waals surface area contributed by atoms with Crippen molar-refractivity contribution in [1.82, 2.24) is 10.2 Å². The highest BCUT2D eigenvalue weighted by atomic mass is 79.9. The van der Waals surface area contributed by atoms with Gasteiger partial charge >= 0.3 is 0 Å². The minimum Gasteiger partial charge on any atom is -0.494 e. The summed E-state index contributed by atoms with van der Waals surface area (Å²) in [5, 5.41) is 2.94. The molecule has 0 aliphatic carbocycles. The second-order valence-corrected chi connectivity index (χ2v) is 12.7. The zero-order valence-electron chi connectivity index (χ0n) is 24.1. The van der Waals surface area contributed by atoms with E-state index in [1.54, 1.807) is 43.3 Å². The Labute approximate surface area is 251 Å². The Morgan fingerprint density at radius 1 is 0.976 bits per heavy atom. The lowest BCUT2D eigenvalue weighted by atomic mass is 10.1. The van der Waals surface area contributed by atoms with Gasteiger partial charge in [-0.1, -0.05) is 52.7 Å². The maximum Gasteiger partial charge on any atom is 0.264 e. The first-order valence-electron chi connectivity index (χ1n) is 13.6. The molecule has 0 aliphatic heterocycles. The summed E-state index contributed by atoms with van der Waals surface area (Å²) in [6.45, 7) is 9.33. The maximum absolute atomic E-state index is 14.0. The first-order chi connectivity index (χ1) is 19.5. The number of carbonyl (C=O) groups is 2. The lowest BCUT2D eigenvalue weighted by Crippen LogP contribution is -2.52. The number of nitrogens with zero attached hydrogens (tertiary/aromatic N) is 2. The summed E-state index contributed by atoms with van der Waals surface area (Å²) in [4.78, 5) is 28.7. The van der Waals surface area contributed by atoms with Gasteiger partial charge in [0, 0.05) is 17.1 Å². The van der Waals surface area contributed by atoms with Gasteiger partial charge in [0.2, 0.25) is 11.8 Å². The van der Waals surface area contributed by atoms with Crippen LogP contribution in [0.15, 0.2) is 82.2 Å². The molecule has 0 fully saturated rings. The van der Waals surface area contributed by atoms with Crippen molar-refractivity contribution in [3.8, 4) is 5.75 Å². The van der Waals surface area contributed by atoms with E-state index in [0.29, 0.717) is 18.0 Å². The van der Waals surface area contributed by atoms with Crippen LogP contribution in [0.3, 0.4) is 0 Å². The molecule has 3 aromatic carbocycles. The normalized spacial score (nSPS) is 12.7. The standard InChI is InChI=1S/C31H38BrN3O5S/c1-6-23(4)33-31(37)24(5)34(20-25-9-8-10-26(32)19-25)30(36)21-35(27-13-15-28(16-14-27)40-7-2)41(38,39)29-17-11-22(3)12-18-29/h8-19,23-24H,6-7,20-21H2,1-5H3,(H,33,37)/t23-,24-/m0/s1. The minimum atomic E-state index is -4.14. The average molecular weight is 645 g/mol. The van der Waals surface area contributed by atoms with E-state index < -0.39 is 28.5 Å². The van der Waals surface area contributed by atoms with Crippen molar-refractivity contribution in [1.29, 1.82) is 0 Å². The number of hydrogen-bond acceptors (Lipinski definition) is 5. The summed E-state index contributed by atoms with van der Waals surface area (Å²) in [5.41, 5.74) is 2.01. The molecule has 0 heterocycles. The highest BCUT2D eigenvalue weighted by Gasteiger charge is 2.32. The Kier molecular flexibility index (Phi) is 11.4. The van der Waals surface area contributed by atoms with Crippen molar-refractivity contribution < 1.29 is 22.7 Å². The van der Waals surface area contributed by atoms with E-state index in [0.717, 1.165) is 26.3 Å². The monoisotopic (exact) mass is 643 g/mol. The highest BCUT2D eigenvalue weighted by molar-refractivity contribution is 9.10. The summed E-state index contributed by atoms with van der Waals surface area (Å²) in [6, 6.07) is 19.6. The zero-order valence-corrected chi connectivity index (χ0v) is 26.5. The summed E-state index contributed by atoms with van der Waals surface area (Å²) in [7, 11) is -4.14. The van der Waals surface area contributed by atoms with Crippen molar-refractivity contribution in [3.05, 3.63) is 88.4 Å². The van der Waals surface area contributed by atoms with Gasteiger partial charge in [0.25, 0.3) is 10.0 Å². The Bertz CT molecular complexity index is 1430. The summed E-state index contributed by atoms with van der Waals surface area (Å²) >= 11 is 3.46. The fraction of sp³-hybridized carbons (Fsp3) is 0.355. The fourth-order valence-corrected chi connectivity index (χ4v) is 5.98. The number of ether oxygens (including phenoxy) is 1. The average Bonchev–Trinajstić information content (AvgIpc) is 2.95. The van der Waals surface area contributed by atoms with E-state index in [2.05, 4.69) is 21.2 Å². The van der Waals surface area contributed by atoms with Crippen molar-refractivity contribution in [2.45, 2.75) is 64.6 Å². The lowest BCUT2D eigenvalue weighted by Gasteiger charge is -2.32. The van der Waals surface area contributed by atoms with Gasteiger partial charge in [0.1, 0.15) is 18.3 Å². The third-order valence-corrected chi connectivity index (χ3v) is 9.02. The third-order valence-electron chi connectivity index (χ3n) is 6.73. The molecule has 0 aliphatic rings. The number of aryl methyl sites for hydroxylation is 1. The molecule has 3 aromatic rings. The van der Waals surface area contributed by atoms with Crippen LogP contribution < -0.4 is 14.4 Å². The first kappa shape index (κ1) is 32.1. The van der Waals surface area contributed by atoms with Gasteiger partial charge in [-0.25, -0.2) is 8.42 Å². The topological polar surface area (TPSA) is 96.0 Å². The molecule has 41 heavy (non-hydrogen) atoms. The quantitative estimate of drug-likeness (QED) is 0.258. The van der Waals surface area contributed by atoms with Crippen LogP contribution in [0, 0.1) is 6.92 Å². The second-order valence-electron chi connectivity index (χ2n) is 9.90. The molecular formula is C31H38BrN3O5S. The molecular weight excluding hydrogens is 606 g/mol. The predicted molar refractivity (Wildman–Crippen MR) is 165 cm³/mol. The summed E-state index contributed by atoms with van der Waals surface area (Å²) < 4.78 is 35.3. The molecule has 0 bridgehead atoms. The lowest BCUT2D eigenvalue weighted by molar-refractivity contribution is -0.139. The predicted octanol–water partition coefficient (Wildman–Crippen LogP) is 5.68. The van der Waals surface area contributed by atoms with Crippen molar-refractivity contribution >= 4 is 43.5 Å². The van der Waals surface area contributed by atoms with Gasteiger partial charge in [0.15, 0.2) is 0 Å². The number of rotatable bonds is 13. The van der Waals surface area contributed by atoms with Crippen LogP contribution in [-0.2, 0) is 26.2 Å². The van der Waals surface area contributed by atoms with E-state index in [4.69, 9.17) is 4.74 Å². The van der Waals surface area contributed by atoms with Gasteiger partial charge in [0.05, 0.1) is 17.2 Å². The number of halogens is 1. The van der Waals surface area contributed by atoms with Crippen molar-refractivity contribution in [2.75, 3.05) is 17.5 Å². The molecule has 220 valence electrons.